The number of hydrogen-bond acceptors (Lipinski definition) is 5. The second kappa shape index (κ2) is 10.1. The van der Waals surface area contributed by atoms with Gasteiger partial charge in [0.2, 0.25) is 11.8 Å². The first kappa shape index (κ1) is 22.9. The van der Waals surface area contributed by atoms with Crippen LogP contribution >= 0.6 is 22.9 Å². The summed E-state index contributed by atoms with van der Waals surface area (Å²) in [6.45, 7) is 2.46. The molecule has 0 saturated carbocycles. The molecular formula is C24H23ClN4O3S. The zero-order chi connectivity index (χ0) is 23.4. The largest absolute Gasteiger partial charge is 0.338 e. The summed E-state index contributed by atoms with van der Waals surface area (Å²) in [6, 6.07) is 14.1. The molecule has 33 heavy (non-hydrogen) atoms. The number of nitrogens with one attached hydrogen (secondary N) is 2. The Balaban J connectivity index is 1.37. The molecule has 4 rings (SSSR count). The zero-order valence-corrected chi connectivity index (χ0v) is 19.6. The van der Waals surface area contributed by atoms with Crippen molar-refractivity contribution in [3.8, 4) is 11.3 Å². The number of carbonyl (C=O) groups excluding carboxylic acids is 3. The molecule has 0 bridgehead atoms. The third-order valence-electron chi connectivity index (χ3n) is 5.41. The van der Waals surface area contributed by atoms with E-state index in [0.29, 0.717) is 34.5 Å². The van der Waals surface area contributed by atoms with Gasteiger partial charge in [0.1, 0.15) is 0 Å². The van der Waals surface area contributed by atoms with Crippen molar-refractivity contribution in [3.63, 3.8) is 0 Å². The molecule has 9 heteroatoms. The van der Waals surface area contributed by atoms with Crippen LogP contribution in [0, 0.1) is 5.92 Å². The number of rotatable bonds is 5. The normalized spacial score (nSPS) is 15.7. The Bertz CT molecular complexity index is 1160. The monoisotopic (exact) mass is 482 g/mol. The predicted octanol–water partition coefficient (Wildman–Crippen LogP) is 4.91. The zero-order valence-electron chi connectivity index (χ0n) is 18.0. The van der Waals surface area contributed by atoms with E-state index >= 15 is 0 Å². The lowest BCUT2D eigenvalue weighted by Crippen LogP contribution is -2.43. The van der Waals surface area contributed by atoms with Crippen molar-refractivity contribution in [1.82, 2.24) is 9.88 Å². The Morgan fingerprint density at radius 1 is 1.06 bits per heavy atom. The van der Waals surface area contributed by atoms with Gasteiger partial charge in [0, 0.05) is 47.2 Å². The summed E-state index contributed by atoms with van der Waals surface area (Å²) in [4.78, 5) is 43.1. The van der Waals surface area contributed by atoms with Gasteiger partial charge in [-0.05, 0) is 49.2 Å². The molecule has 2 N–H and O–H groups in total. The van der Waals surface area contributed by atoms with Gasteiger partial charge >= 0.3 is 0 Å². The number of piperidine rings is 1. The molecule has 3 amide bonds. The molecule has 0 unspecified atom stereocenters. The number of carbonyl (C=O) groups is 3. The standard InChI is InChI=1S/C24H23ClN4O3S/c1-15(30)26-20-10-6-16(7-11-20)21-14-33-24(27-21)28-22(31)18-3-2-12-29(13-18)23(32)17-4-8-19(25)9-5-17/h4-11,14,18H,2-3,12-13H2,1H3,(H,26,30)(H,27,28,31)/t18-/m1/s1. The maximum atomic E-state index is 12.9. The number of likely N-dealkylation sites (tertiary alicyclic amines) is 1. The highest BCUT2D eigenvalue weighted by molar-refractivity contribution is 7.14. The van der Waals surface area contributed by atoms with Crippen molar-refractivity contribution < 1.29 is 14.4 Å². The van der Waals surface area contributed by atoms with E-state index in [1.54, 1.807) is 29.2 Å². The van der Waals surface area contributed by atoms with Crippen LogP contribution in [0.15, 0.2) is 53.9 Å². The fourth-order valence-electron chi connectivity index (χ4n) is 3.75. The molecule has 0 spiro atoms. The Morgan fingerprint density at radius 2 is 1.79 bits per heavy atom. The number of halogens is 1. The summed E-state index contributed by atoms with van der Waals surface area (Å²) in [5.41, 5.74) is 2.91. The number of thiazole rings is 1. The summed E-state index contributed by atoms with van der Waals surface area (Å²) in [6.07, 6.45) is 1.49. The number of aromatic nitrogens is 1. The molecule has 0 radical (unpaired) electrons. The van der Waals surface area contributed by atoms with Gasteiger partial charge in [0.15, 0.2) is 5.13 Å². The summed E-state index contributed by atoms with van der Waals surface area (Å²) in [7, 11) is 0. The summed E-state index contributed by atoms with van der Waals surface area (Å²) in [5, 5.41) is 8.60. The average molecular weight is 483 g/mol. The van der Waals surface area contributed by atoms with Crippen molar-refractivity contribution in [3.05, 3.63) is 64.5 Å². The molecule has 1 aliphatic heterocycles. The van der Waals surface area contributed by atoms with Crippen LogP contribution in [0.1, 0.15) is 30.1 Å². The molecule has 1 atom stereocenters. The quantitative estimate of drug-likeness (QED) is 0.540. The van der Waals surface area contributed by atoms with E-state index in [0.717, 1.165) is 24.1 Å². The highest BCUT2D eigenvalue weighted by atomic mass is 35.5. The van der Waals surface area contributed by atoms with Gasteiger partial charge in [0.25, 0.3) is 5.91 Å². The molecule has 2 heterocycles. The second-order valence-electron chi connectivity index (χ2n) is 7.88. The van der Waals surface area contributed by atoms with E-state index < -0.39 is 0 Å². The molecule has 2 aromatic carbocycles. The third kappa shape index (κ3) is 5.77. The number of amides is 3. The first-order valence-electron chi connectivity index (χ1n) is 10.6. The summed E-state index contributed by atoms with van der Waals surface area (Å²) in [5.74, 6) is -0.647. The first-order chi connectivity index (χ1) is 15.9. The summed E-state index contributed by atoms with van der Waals surface area (Å²) >= 11 is 7.26. The lowest BCUT2D eigenvalue weighted by molar-refractivity contribution is -0.121. The minimum Gasteiger partial charge on any atom is -0.338 e. The maximum Gasteiger partial charge on any atom is 0.253 e. The van der Waals surface area contributed by atoms with Gasteiger partial charge in [-0.15, -0.1) is 11.3 Å². The number of hydrogen-bond donors (Lipinski definition) is 2. The fraction of sp³-hybridized carbons (Fsp3) is 0.250. The van der Waals surface area contributed by atoms with E-state index in [9.17, 15) is 14.4 Å². The van der Waals surface area contributed by atoms with Crippen molar-refractivity contribution >= 4 is 51.5 Å². The van der Waals surface area contributed by atoms with Crippen molar-refractivity contribution in [2.75, 3.05) is 23.7 Å². The average Bonchev–Trinajstić information content (AvgIpc) is 3.28. The van der Waals surface area contributed by atoms with Crippen LogP contribution in [-0.2, 0) is 9.59 Å². The minimum atomic E-state index is -0.292. The highest BCUT2D eigenvalue weighted by Gasteiger charge is 2.29. The molecule has 3 aromatic rings. The smallest absolute Gasteiger partial charge is 0.253 e. The molecule has 170 valence electrons. The molecule has 0 aliphatic carbocycles. The number of anilines is 2. The van der Waals surface area contributed by atoms with Crippen LogP contribution in [0.25, 0.3) is 11.3 Å². The van der Waals surface area contributed by atoms with Crippen molar-refractivity contribution in [1.29, 1.82) is 0 Å². The van der Waals surface area contributed by atoms with E-state index in [-0.39, 0.29) is 23.6 Å². The second-order valence-corrected chi connectivity index (χ2v) is 9.18. The van der Waals surface area contributed by atoms with Gasteiger partial charge in [-0.25, -0.2) is 4.98 Å². The van der Waals surface area contributed by atoms with Gasteiger partial charge in [-0.2, -0.15) is 0 Å². The fourth-order valence-corrected chi connectivity index (χ4v) is 4.60. The third-order valence-corrected chi connectivity index (χ3v) is 6.42. The SMILES string of the molecule is CC(=O)Nc1ccc(-c2csc(NC(=O)[C@@H]3CCCN(C(=O)c4ccc(Cl)cc4)C3)n2)cc1. The van der Waals surface area contributed by atoms with E-state index in [1.807, 2.05) is 29.6 Å². The molecule has 7 nitrogen and oxygen atoms in total. The maximum absolute atomic E-state index is 12.9. The van der Waals surface area contributed by atoms with E-state index in [1.165, 1.54) is 18.3 Å². The minimum absolute atomic E-state index is 0.0941. The molecule has 1 fully saturated rings. The lowest BCUT2D eigenvalue weighted by atomic mass is 9.96. The van der Waals surface area contributed by atoms with E-state index in [4.69, 9.17) is 11.6 Å². The number of nitrogens with zero attached hydrogens (tertiary/aromatic N) is 2. The molecule has 1 saturated heterocycles. The Labute approximate surface area is 200 Å². The van der Waals surface area contributed by atoms with Crippen LogP contribution < -0.4 is 10.6 Å². The topological polar surface area (TPSA) is 91.4 Å². The predicted molar refractivity (Wildman–Crippen MR) is 131 cm³/mol. The summed E-state index contributed by atoms with van der Waals surface area (Å²) < 4.78 is 0. The molecule has 1 aromatic heterocycles. The van der Waals surface area contributed by atoms with Gasteiger partial charge in [0.05, 0.1) is 11.6 Å². The Hall–Kier alpha value is -3.23. The first-order valence-corrected chi connectivity index (χ1v) is 11.8. The van der Waals surface area contributed by atoms with E-state index in [2.05, 4.69) is 15.6 Å². The van der Waals surface area contributed by atoms with Crippen LogP contribution in [0.3, 0.4) is 0 Å². The van der Waals surface area contributed by atoms with Gasteiger partial charge < -0.3 is 15.5 Å². The van der Waals surface area contributed by atoms with Crippen molar-refractivity contribution in [2.24, 2.45) is 5.92 Å². The Morgan fingerprint density at radius 3 is 2.48 bits per heavy atom. The number of benzene rings is 2. The van der Waals surface area contributed by atoms with Crippen LogP contribution in [-0.4, -0.2) is 40.7 Å². The van der Waals surface area contributed by atoms with Crippen molar-refractivity contribution in [2.45, 2.75) is 19.8 Å². The van der Waals surface area contributed by atoms with Gasteiger partial charge in [-0.3, -0.25) is 14.4 Å². The van der Waals surface area contributed by atoms with Gasteiger partial charge in [-0.1, -0.05) is 23.7 Å². The van der Waals surface area contributed by atoms with Crippen LogP contribution in [0.2, 0.25) is 5.02 Å². The molecule has 1 aliphatic rings. The van der Waals surface area contributed by atoms with Crippen LogP contribution in [0.5, 0.6) is 0 Å². The van der Waals surface area contributed by atoms with Crippen LogP contribution in [0.4, 0.5) is 10.8 Å². The highest BCUT2D eigenvalue weighted by Crippen LogP contribution is 2.27. The molecular weight excluding hydrogens is 460 g/mol. The lowest BCUT2D eigenvalue weighted by Gasteiger charge is -2.32. The Kier molecular flexibility index (Phi) is 7.05.